The zero-order valence-electron chi connectivity index (χ0n) is 12.4. The average molecular weight is 320 g/mol. The molecule has 1 aromatic heterocycles. The van der Waals surface area contributed by atoms with Crippen molar-refractivity contribution in [3.8, 4) is 5.75 Å². The number of benzene rings is 1. The minimum atomic E-state index is -0.415. The standard InChI is InChI=1S/C16H17FN2O2S/c1-11(10-21-15-6-4-3-5-14(15)17)19-16(20)8-7-13-9-18-12(2)22-13/h3-9,11H,10H2,1-2H3,(H,19,20)/b8-7+/t11-/m0/s1. The van der Waals surface area contributed by atoms with Crippen LogP contribution in [0.2, 0.25) is 0 Å². The molecule has 2 rings (SSSR count). The molecule has 6 heteroatoms. The van der Waals surface area contributed by atoms with E-state index in [4.69, 9.17) is 4.74 Å². The second-order valence-electron chi connectivity index (χ2n) is 4.77. The molecular formula is C16H17FN2O2S. The summed E-state index contributed by atoms with van der Waals surface area (Å²) in [5, 5.41) is 3.71. The van der Waals surface area contributed by atoms with Crippen LogP contribution in [0.1, 0.15) is 16.8 Å². The number of nitrogens with zero attached hydrogens (tertiary/aromatic N) is 1. The van der Waals surface area contributed by atoms with Crippen molar-refractivity contribution in [3.63, 3.8) is 0 Å². The lowest BCUT2D eigenvalue weighted by Crippen LogP contribution is -2.35. The monoisotopic (exact) mass is 320 g/mol. The summed E-state index contributed by atoms with van der Waals surface area (Å²) in [4.78, 5) is 16.8. The summed E-state index contributed by atoms with van der Waals surface area (Å²) in [6, 6.07) is 5.94. The molecule has 116 valence electrons. The van der Waals surface area contributed by atoms with Gasteiger partial charge in [-0.25, -0.2) is 9.37 Å². The number of para-hydroxylation sites is 1. The SMILES string of the molecule is Cc1ncc(/C=C/C(=O)N[C@@H](C)COc2ccccc2F)s1. The van der Waals surface area contributed by atoms with Crippen molar-refractivity contribution in [1.82, 2.24) is 10.3 Å². The zero-order chi connectivity index (χ0) is 15.9. The molecule has 1 N–H and O–H groups in total. The fourth-order valence-electron chi connectivity index (χ4n) is 1.72. The van der Waals surface area contributed by atoms with Gasteiger partial charge in [-0.3, -0.25) is 4.79 Å². The Hall–Kier alpha value is -2.21. The molecule has 0 aliphatic carbocycles. The number of carbonyl (C=O) groups excluding carboxylic acids is 1. The van der Waals surface area contributed by atoms with E-state index in [1.807, 2.05) is 6.92 Å². The van der Waals surface area contributed by atoms with Crippen molar-refractivity contribution in [1.29, 1.82) is 0 Å². The number of aromatic nitrogens is 1. The second-order valence-corrected chi connectivity index (χ2v) is 6.03. The Bertz CT molecular complexity index is 670. The van der Waals surface area contributed by atoms with Gasteiger partial charge >= 0.3 is 0 Å². The molecule has 0 saturated carbocycles. The van der Waals surface area contributed by atoms with Gasteiger partial charge in [0.2, 0.25) is 5.91 Å². The predicted molar refractivity (Wildman–Crippen MR) is 85.4 cm³/mol. The van der Waals surface area contributed by atoms with E-state index in [0.717, 1.165) is 9.88 Å². The molecule has 1 aromatic carbocycles. The van der Waals surface area contributed by atoms with Gasteiger partial charge in [0.15, 0.2) is 11.6 Å². The molecular weight excluding hydrogens is 303 g/mol. The van der Waals surface area contributed by atoms with E-state index >= 15 is 0 Å². The normalized spacial score (nSPS) is 12.3. The Morgan fingerprint density at radius 3 is 2.95 bits per heavy atom. The molecule has 22 heavy (non-hydrogen) atoms. The Labute approximate surface area is 132 Å². The highest BCUT2D eigenvalue weighted by Crippen LogP contribution is 2.15. The number of hydrogen-bond donors (Lipinski definition) is 1. The number of ether oxygens (including phenoxy) is 1. The van der Waals surface area contributed by atoms with Crippen molar-refractivity contribution in [2.24, 2.45) is 0 Å². The number of halogens is 1. The number of hydrogen-bond acceptors (Lipinski definition) is 4. The van der Waals surface area contributed by atoms with Gasteiger partial charge < -0.3 is 10.1 Å². The summed E-state index contributed by atoms with van der Waals surface area (Å²) >= 11 is 1.51. The molecule has 0 aliphatic rings. The van der Waals surface area contributed by atoms with Gasteiger partial charge in [0.25, 0.3) is 0 Å². The van der Waals surface area contributed by atoms with E-state index < -0.39 is 5.82 Å². The summed E-state index contributed by atoms with van der Waals surface area (Å²) in [5.41, 5.74) is 0. The quantitative estimate of drug-likeness (QED) is 0.832. The Kier molecular flexibility index (Phi) is 5.66. The Morgan fingerprint density at radius 1 is 1.50 bits per heavy atom. The highest BCUT2D eigenvalue weighted by atomic mass is 32.1. The smallest absolute Gasteiger partial charge is 0.244 e. The molecule has 0 bridgehead atoms. The first-order valence-electron chi connectivity index (χ1n) is 6.83. The first-order chi connectivity index (χ1) is 10.5. The summed E-state index contributed by atoms with van der Waals surface area (Å²) in [7, 11) is 0. The predicted octanol–water partition coefficient (Wildman–Crippen LogP) is 3.19. The zero-order valence-corrected chi connectivity index (χ0v) is 13.2. The van der Waals surface area contributed by atoms with Gasteiger partial charge in [-0.05, 0) is 32.1 Å². The van der Waals surface area contributed by atoms with E-state index in [2.05, 4.69) is 10.3 Å². The number of amides is 1. The van der Waals surface area contributed by atoms with Crippen molar-refractivity contribution in [2.45, 2.75) is 19.9 Å². The average Bonchev–Trinajstić information content (AvgIpc) is 2.90. The lowest BCUT2D eigenvalue weighted by molar-refractivity contribution is -0.117. The van der Waals surface area contributed by atoms with Crippen LogP contribution in [0.5, 0.6) is 5.75 Å². The third kappa shape index (κ3) is 4.96. The van der Waals surface area contributed by atoms with E-state index in [9.17, 15) is 9.18 Å². The van der Waals surface area contributed by atoms with Crippen molar-refractivity contribution >= 4 is 23.3 Å². The summed E-state index contributed by atoms with van der Waals surface area (Å²) < 4.78 is 18.7. The Balaban J connectivity index is 1.79. The number of carbonyl (C=O) groups is 1. The van der Waals surface area contributed by atoms with Crippen LogP contribution in [0.15, 0.2) is 36.5 Å². The van der Waals surface area contributed by atoms with E-state index in [1.165, 1.54) is 23.5 Å². The highest BCUT2D eigenvalue weighted by Gasteiger charge is 2.08. The van der Waals surface area contributed by atoms with Gasteiger partial charge in [-0.2, -0.15) is 0 Å². The van der Waals surface area contributed by atoms with Crippen LogP contribution in [0.25, 0.3) is 6.08 Å². The van der Waals surface area contributed by atoms with Crippen LogP contribution >= 0.6 is 11.3 Å². The maximum atomic E-state index is 13.4. The number of thiazole rings is 1. The third-order valence-electron chi connectivity index (χ3n) is 2.75. The van der Waals surface area contributed by atoms with Gasteiger partial charge in [-0.15, -0.1) is 11.3 Å². The van der Waals surface area contributed by atoms with Gasteiger partial charge in [-0.1, -0.05) is 12.1 Å². The molecule has 0 spiro atoms. The number of rotatable bonds is 6. The topological polar surface area (TPSA) is 51.2 Å². The molecule has 2 aromatic rings. The maximum Gasteiger partial charge on any atom is 0.244 e. The van der Waals surface area contributed by atoms with Crippen LogP contribution in [-0.4, -0.2) is 23.5 Å². The van der Waals surface area contributed by atoms with E-state index in [1.54, 1.807) is 37.4 Å². The first-order valence-corrected chi connectivity index (χ1v) is 7.64. The van der Waals surface area contributed by atoms with Crippen LogP contribution in [-0.2, 0) is 4.79 Å². The van der Waals surface area contributed by atoms with Crippen LogP contribution < -0.4 is 10.1 Å². The van der Waals surface area contributed by atoms with E-state index in [-0.39, 0.29) is 24.3 Å². The lowest BCUT2D eigenvalue weighted by atomic mass is 10.3. The van der Waals surface area contributed by atoms with Gasteiger partial charge in [0.05, 0.1) is 11.0 Å². The van der Waals surface area contributed by atoms with Crippen molar-refractivity contribution in [2.75, 3.05) is 6.61 Å². The molecule has 4 nitrogen and oxygen atoms in total. The second kappa shape index (κ2) is 7.70. The highest BCUT2D eigenvalue weighted by molar-refractivity contribution is 7.12. The Morgan fingerprint density at radius 2 is 2.27 bits per heavy atom. The third-order valence-corrected chi connectivity index (χ3v) is 3.63. The van der Waals surface area contributed by atoms with Crippen LogP contribution in [0.4, 0.5) is 4.39 Å². The molecule has 1 amide bonds. The fourth-order valence-corrected chi connectivity index (χ4v) is 2.41. The lowest BCUT2D eigenvalue weighted by Gasteiger charge is -2.14. The summed E-state index contributed by atoms with van der Waals surface area (Å²) in [6.07, 6.45) is 4.88. The van der Waals surface area contributed by atoms with E-state index in [0.29, 0.717) is 0 Å². The van der Waals surface area contributed by atoms with Crippen LogP contribution in [0.3, 0.4) is 0 Å². The molecule has 0 fully saturated rings. The molecule has 0 radical (unpaired) electrons. The number of aryl methyl sites for hydroxylation is 1. The summed E-state index contributed by atoms with van der Waals surface area (Å²) in [5.74, 6) is -0.462. The molecule has 0 unspecified atom stereocenters. The maximum absolute atomic E-state index is 13.4. The molecule has 0 aliphatic heterocycles. The molecule has 0 saturated heterocycles. The fraction of sp³-hybridized carbons (Fsp3) is 0.250. The minimum absolute atomic E-state index is 0.180. The van der Waals surface area contributed by atoms with Crippen molar-refractivity contribution in [3.05, 3.63) is 52.2 Å². The first kappa shape index (κ1) is 16.2. The summed E-state index contributed by atoms with van der Waals surface area (Å²) in [6.45, 7) is 3.90. The van der Waals surface area contributed by atoms with Gasteiger partial charge in [0, 0.05) is 17.2 Å². The van der Waals surface area contributed by atoms with Crippen LogP contribution in [0, 0.1) is 12.7 Å². The molecule has 1 heterocycles. The van der Waals surface area contributed by atoms with Crippen molar-refractivity contribution < 1.29 is 13.9 Å². The number of nitrogens with one attached hydrogen (secondary N) is 1. The largest absolute Gasteiger partial charge is 0.488 e. The minimum Gasteiger partial charge on any atom is -0.488 e. The molecule has 1 atom stereocenters. The van der Waals surface area contributed by atoms with Gasteiger partial charge in [0.1, 0.15) is 6.61 Å².